The van der Waals surface area contributed by atoms with Crippen LogP contribution >= 0.6 is 0 Å². The first kappa shape index (κ1) is 10.7. The number of ether oxygens (including phenoxy) is 1. The number of aromatic nitrogens is 3. The van der Waals surface area contributed by atoms with Gasteiger partial charge in [0.2, 0.25) is 0 Å². The van der Waals surface area contributed by atoms with Crippen molar-refractivity contribution < 1.29 is 9.53 Å². The summed E-state index contributed by atoms with van der Waals surface area (Å²) >= 11 is 0. The first-order valence-corrected chi connectivity index (χ1v) is 4.39. The quantitative estimate of drug-likeness (QED) is 0.658. The van der Waals surface area contributed by atoms with Gasteiger partial charge in [-0.1, -0.05) is 0 Å². The van der Waals surface area contributed by atoms with E-state index in [0.717, 1.165) is 11.4 Å². The Kier molecular flexibility index (Phi) is 2.59. The molecule has 0 aliphatic rings. The van der Waals surface area contributed by atoms with Gasteiger partial charge < -0.3 is 4.74 Å². The van der Waals surface area contributed by atoms with Gasteiger partial charge in [0.15, 0.2) is 5.54 Å². The van der Waals surface area contributed by atoms with Crippen molar-refractivity contribution in [3.8, 4) is 0 Å². The van der Waals surface area contributed by atoms with Crippen LogP contribution in [0.3, 0.4) is 0 Å². The normalized spacial score (nSPS) is 11.5. The Hall–Kier alpha value is -1.39. The molecule has 0 unspecified atom stereocenters. The van der Waals surface area contributed by atoms with Crippen molar-refractivity contribution in [2.45, 2.75) is 33.2 Å². The first-order valence-electron chi connectivity index (χ1n) is 4.39. The molecule has 1 rings (SSSR count). The average molecular weight is 197 g/mol. The Morgan fingerprint density at radius 2 is 1.71 bits per heavy atom. The second kappa shape index (κ2) is 3.40. The third-order valence-electron chi connectivity index (χ3n) is 2.20. The van der Waals surface area contributed by atoms with Crippen LogP contribution in [0.1, 0.15) is 25.2 Å². The Balaban J connectivity index is 3.09. The van der Waals surface area contributed by atoms with E-state index in [2.05, 4.69) is 14.9 Å². The molecule has 0 amide bonds. The van der Waals surface area contributed by atoms with E-state index in [0.29, 0.717) is 0 Å². The lowest BCUT2D eigenvalue weighted by Gasteiger charge is -2.19. The van der Waals surface area contributed by atoms with Gasteiger partial charge in [-0.2, -0.15) is 15.0 Å². The number of hydrogen-bond acceptors (Lipinski definition) is 4. The van der Waals surface area contributed by atoms with Crippen LogP contribution in [0.5, 0.6) is 0 Å². The van der Waals surface area contributed by atoms with E-state index < -0.39 is 5.54 Å². The molecular weight excluding hydrogens is 182 g/mol. The second-order valence-electron chi connectivity index (χ2n) is 3.71. The van der Waals surface area contributed by atoms with Crippen LogP contribution in [0.25, 0.3) is 0 Å². The molecule has 0 N–H and O–H groups in total. The van der Waals surface area contributed by atoms with Crippen LogP contribution in [-0.2, 0) is 15.1 Å². The molecule has 0 saturated heterocycles. The van der Waals surface area contributed by atoms with Gasteiger partial charge >= 0.3 is 5.97 Å². The van der Waals surface area contributed by atoms with Crippen LogP contribution in [0.15, 0.2) is 0 Å². The van der Waals surface area contributed by atoms with Gasteiger partial charge in [0.05, 0.1) is 18.5 Å². The van der Waals surface area contributed by atoms with Gasteiger partial charge in [-0.3, -0.25) is 0 Å². The number of methoxy groups -OCH3 is 1. The highest BCUT2D eigenvalue weighted by Gasteiger charge is 2.33. The lowest BCUT2D eigenvalue weighted by Crippen LogP contribution is -2.38. The SMILES string of the molecule is COC(=O)C(C)(C)n1nc(C)c(C)n1. The minimum Gasteiger partial charge on any atom is -0.467 e. The minimum atomic E-state index is -0.853. The summed E-state index contributed by atoms with van der Waals surface area (Å²) in [6.07, 6.45) is 0. The maximum atomic E-state index is 11.4. The number of carbonyl (C=O) groups excluding carboxylic acids is 1. The summed E-state index contributed by atoms with van der Waals surface area (Å²) < 4.78 is 4.68. The van der Waals surface area contributed by atoms with E-state index in [1.807, 2.05) is 13.8 Å². The molecule has 0 radical (unpaired) electrons. The third kappa shape index (κ3) is 1.62. The molecule has 1 aromatic rings. The molecule has 0 spiro atoms. The zero-order valence-corrected chi connectivity index (χ0v) is 9.16. The Bertz CT molecular complexity index is 335. The minimum absolute atomic E-state index is 0.354. The van der Waals surface area contributed by atoms with Crippen molar-refractivity contribution in [2.75, 3.05) is 7.11 Å². The monoisotopic (exact) mass is 197 g/mol. The fraction of sp³-hybridized carbons (Fsp3) is 0.667. The predicted molar refractivity (Wildman–Crippen MR) is 50.8 cm³/mol. The fourth-order valence-corrected chi connectivity index (χ4v) is 1.03. The molecule has 0 aliphatic heterocycles. The summed E-state index contributed by atoms with van der Waals surface area (Å²) in [5, 5.41) is 8.31. The summed E-state index contributed by atoms with van der Waals surface area (Å²) in [4.78, 5) is 12.8. The number of aryl methyl sites for hydroxylation is 2. The van der Waals surface area contributed by atoms with Gasteiger partial charge in [-0.25, -0.2) is 4.79 Å². The van der Waals surface area contributed by atoms with E-state index in [9.17, 15) is 4.79 Å². The van der Waals surface area contributed by atoms with Crippen LogP contribution in [-0.4, -0.2) is 28.1 Å². The Morgan fingerprint density at radius 3 is 2.07 bits per heavy atom. The highest BCUT2D eigenvalue weighted by molar-refractivity contribution is 5.77. The zero-order valence-electron chi connectivity index (χ0n) is 9.16. The number of nitrogens with zero attached hydrogens (tertiary/aromatic N) is 3. The van der Waals surface area contributed by atoms with Crippen molar-refractivity contribution in [3.63, 3.8) is 0 Å². The van der Waals surface area contributed by atoms with Crippen molar-refractivity contribution in [3.05, 3.63) is 11.4 Å². The van der Waals surface area contributed by atoms with Gasteiger partial charge in [-0.15, -0.1) is 0 Å². The van der Waals surface area contributed by atoms with Crippen LogP contribution in [0.2, 0.25) is 0 Å². The lowest BCUT2D eigenvalue weighted by atomic mass is 10.1. The van der Waals surface area contributed by atoms with Gasteiger partial charge in [0, 0.05) is 0 Å². The predicted octanol–water partition coefficient (Wildman–Crippen LogP) is 0.803. The summed E-state index contributed by atoms with van der Waals surface area (Å²) in [7, 11) is 1.35. The van der Waals surface area contributed by atoms with E-state index in [-0.39, 0.29) is 5.97 Å². The largest absolute Gasteiger partial charge is 0.467 e. The van der Waals surface area contributed by atoms with Crippen molar-refractivity contribution in [1.29, 1.82) is 0 Å². The summed E-state index contributed by atoms with van der Waals surface area (Å²) in [5.74, 6) is -0.354. The van der Waals surface area contributed by atoms with Gasteiger partial charge in [-0.05, 0) is 27.7 Å². The maximum Gasteiger partial charge on any atom is 0.335 e. The van der Waals surface area contributed by atoms with Crippen LogP contribution < -0.4 is 0 Å². The standard InChI is InChI=1S/C9H15N3O2/c1-6-7(2)11-12(10-6)9(3,4)8(13)14-5/h1-5H3. The highest BCUT2D eigenvalue weighted by Crippen LogP contribution is 2.15. The van der Waals surface area contributed by atoms with Gasteiger partial charge in [0.1, 0.15) is 0 Å². The molecule has 1 aromatic heterocycles. The van der Waals surface area contributed by atoms with Crippen molar-refractivity contribution in [2.24, 2.45) is 0 Å². The van der Waals surface area contributed by atoms with Gasteiger partial charge in [0.25, 0.3) is 0 Å². The summed E-state index contributed by atoms with van der Waals surface area (Å²) in [6.45, 7) is 7.15. The molecule has 0 aromatic carbocycles. The summed E-state index contributed by atoms with van der Waals surface area (Å²) in [6, 6.07) is 0. The topological polar surface area (TPSA) is 57.0 Å². The van der Waals surface area contributed by atoms with E-state index in [4.69, 9.17) is 0 Å². The van der Waals surface area contributed by atoms with Crippen molar-refractivity contribution >= 4 is 5.97 Å². The fourth-order valence-electron chi connectivity index (χ4n) is 1.03. The number of carbonyl (C=O) groups is 1. The summed E-state index contributed by atoms with van der Waals surface area (Å²) in [5.41, 5.74) is 0.789. The molecular formula is C9H15N3O2. The van der Waals surface area contributed by atoms with E-state index in [1.165, 1.54) is 11.9 Å². The van der Waals surface area contributed by atoms with Crippen LogP contribution in [0.4, 0.5) is 0 Å². The molecule has 0 fully saturated rings. The first-order chi connectivity index (χ1) is 6.39. The molecule has 14 heavy (non-hydrogen) atoms. The van der Waals surface area contributed by atoms with Crippen molar-refractivity contribution in [1.82, 2.24) is 15.0 Å². The lowest BCUT2D eigenvalue weighted by molar-refractivity contribution is -0.150. The highest BCUT2D eigenvalue weighted by atomic mass is 16.5. The number of rotatable bonds is 2. The molecule has 5 nitrogen and oxygen atoms in total. The molecule has 0 saturated carbocycles. The number of esters is 1. The average Bonchev–Trinajstić information content (AvgIpc) is 2.46. The molecule has 0 atom stereocenters. The molecule has 78 valence electrons. The molecule has 1 heterocycles. The van der Waals surface area contributed by atoms with E-state index >= 15 is 0 Å². The molecule has 5 heteroatoms. The smallest absolute Gasteiger partial charge is 0.335 e. The maximum absolute atomic E-state index is 11.4. The Labute approximate surface area is 83.1 Å². The Morgan fingerprint density at radius 1 is 1.29 bits per heavy atom. The zero-order chi connectivity index (χ0) is 10.9. The second-order valence-corrected chi connectivity index (χ2v) is 3.71. The molecule has 0 aliphatic carbocycles. The third-order valence-corrected chi connectivity index (χ3v) is 2.20. The number of hydrogen-bond donors (Lipinski definition) is 0. The molecule has 0 bridgehead atoms. The van der Waals surface area contributed by atoms with Crippen LogP contribution in [0, 0.1) is 13.8 Å². The van der Waals surface area contributed by atoms with E-state index in [1.54, 1.807) is 13.8 Å².